The van der Waals surface area contributed by atoms with Crippen LogP contribution >= 0.6 is 0 Å². The first kappa shape index (κ1) is 15.8. The van der Waals surface area contributed by atoms with Gasteiger partial charge in [-0.25, -0.2) is 0 Å². The Morgan fingerprint density at radius 2 is 2.00 bits per heavy atom. The van der Waals surface area contributed by atoms with Gasteiger partial charge in [0.15, 0.2) is 0 Å². The van der Waals surface area contributed by atoms with Crippen molar-refractivity contribution in [2.45, 2.75) is 46.0 Å². The summed E-state index contributed by atoms with van der Waals surface area (Å²) in [4.78, 5) is 24.4. The van der Waals surface area contributed by atoms with Crippen LogP contribution in [0.3, 0.4) is 0 Å². The molecule has 1 saturated carbocycles. The smallest absolute Gasteiger partial charge is 0.233 e. The van der Waals surface area contributed by atoms with Crippen LogP contribution in [0, 0.1) is 11.3 Å². The standard InChI is InChI=1S/C18H24N2O3/c1-18(2)11-23-15-10-13(8-9-14(15)20-17(18)22)19-16(21)12-6-4-3-5-7-12/h8-10,12H,3-7,11H2,1-2H3,(H,19,21)(H,20,22). The number of nitrogens with one attached hydrogen (secondary N) is 2. The number of rotatable bonds is 2. The molecular weight excluding hydrogens is 292 g/mol. The molecule has 124 valence electrons. The maximum atomic E-state index is 12.3. The molecule has 0 radical (unpaired) electrons. The predicted molar refractivity (Wildman–Crippen MR) is 89.6 cm³/mol. The zero-order chi connectivity index (χ0) is 16.4. The number of benzene rings is 1. The van der Waals surface area contributed by atoms with Gasteiger partial charge in [-0.05, 0) is 38.8 Å². The van der Waals surface area contributed by atoms with E-state index in [0.717, 1.165) is 25.7 Å². The first-order valence-corrected chi connectivity index (χ1v) is 8.35. The summed E-state index contributed by atoms with van der Waals surface area (Å²) in [6.45, 7) is 4.01. The average molecular weight is 316 g/mol. The molecule has 3 rings (SSSR count). The van der Waals surface area contributed by atoms with Crippen LogP contribution in [0.4, 0.5) is 11.4 Å². The van der Waals surface area contributed by atoms with Crippen LogP contribution in [0.2, 0.25) is 0 Å². The SMILES string of the molecule is CC1(C)COc2cc(NC(=O)C3CCCCC3)ccc2NC1=O. The number of amides is 2. The van der Waals surface area contributed by atoms with Crippen molar-refractivity contribution in [3.05, 3.63) is 18.2 Å². The lowest BCUT2D eigenvalue weighted by Crippen LogP contribution is -2.33. The van der Waals surface area contributed by atoms with Gasteiger partial charge in [0.1, 0.15) is 12.4 Å². The molecule has 0 unspecified atom stereocenters. The van der Waals surface area contributed by atoms with Crippen LogP contribution in [0.5, 0.6) is 5.75 Å². The Morgan fingerprint density at radius 1 is 1.26 bits per heavy atom. The van der Waals surface area contributed by atoms with E-state index in [4.69, 9.17) is 4.74 Å². The van der Waals surface area contributed by atoms with E-state index in [-0.39, 0.29) is 17.7 Å². The fraction of sp³-hybridized carbons (Fsp3) is 0.556. The van der Waals surface area contributed by atoms with Gasteiger partial charge >= 0.3 is 0 Å². The average Bonchev–Trinajstić information content (AvgIpc) is 2.65. The first-order valence-electron chi connectivity index (χ1n) is 8.35. The zero-order valence-electron chi connectivity index (χ0n) is 13.8. The third-order valence-corrected chi connectivity index (χ3v) is 4.68. The number of carbonyl (C=O) groups is 2. The zero-order valence-corrected chi connectivity index (χ0v) is 13.8. The van der Waals surface area contributed by atoms with Crippen molar-refractivity contribution in [1.29, 1.82) is 0 Å². The van der Waals surface area contributed by atoms with Crippen molar-refractivity contribution in [2.24, 2.45) is 11.3 Å². The van der Waals surface area contributed by atoms with E-state index in [1.807, 2.05) is 19.9 Å². The number of anilines is 2. The van der Waals surface area contributed by atoms with E-state index in [0.29, 0.717) is 23.7 Å². The van der Waals surface area contributed by atoms with Crippen molar-refractivity contribution >= 4 is 23.2 Å². The highest BCUT2D eigenvalue weighted by Gasteiger charge is 2.32. The second-order valence-electron chi connectivity index (χ2n) is 7.16. The van der Waals surface area contributed by atoms with E-state index in [9.17, 15) is 9.59 Å². The van der Waals surface area contributed by atoms with Gasteiger partial charge in [0, 0.05) is 17.7 Å². The number of ether oxygens (including phenoxy) is 1. The Balaban J connectivity index is 1.73. The third kappa shape index (κ3) is 3.49. The van der Waals surface area contributed by atoms with Gasteiger partial charge in [-0.2, -0.15) is 0 Å². The molecule has 1 heterocycles. The van der Waals surface area contributed by atoms with Gasteiger partial charge in [-0.3, -0.25) is 9.59 Å². The maximum Gasteiger partial charge on any atom is 0.233 e. The highest BCUT2D eigenvalue weighted by Crippen LogP contribution is 2.34. The highest BCUT2D eigenvalue weighted by molar-refractivity contribution is 5.98. The molecule has 2 amide bonds. The van der Waals surface area contributed by atoms with Crippen molar-refractivity contribution in [3.63, 3.8) is 0 Å². The van der Waals surface area contributed by atoms with E-state index >= 15 is 0 Å². The van der Waals surface area contributed by atoms with Crippen LogP contribution in [0.1, 0.15) is 46.0 Å². The van der Waals surface area contributed by atoms with Gasteiger partial charge in [0.25, 0.3) is 0 Å². The molecule has 1 aromatic rings. The molecule has 2 aliphatic rings. The molecule has 1 aliphatic heterocycles. The lowest BCUT2D eigenvalue weighted by atomic mass is 9.88. The molecule has 2 N–H and O–H groups in total. The molecule has 1 aromatic carbocycles. The summed E-state index contributed by atoms with van der Waals surface area (Å²) >= 11 is 0. The number of carbonyl (C=O) groups excluding carboxylic acids is 2. The Kier molecular flexibility index (Phi) is 4.28. The van der Waals surface area contributed by atoms with Crippen LogP contribution in [0.25, 0.3) is 0 Å². The Bertz CT molecular complexity index is 619. The number of hydrogen-bond donors (Lipinski definition) is 2. The fourth-order valence-corrected chi connectivity index (χ4v) is 3.05. The van der Waals surface area contributed by atoms with Crippen LogP contribution in [-0.4, -0.2) is 18.4 Å². The molecule has 0 atom stereocenters. The second kappa shape index (κ2) is 6.22. The summed E-state index contributed by atoms with van der Waals surface area (Å²) in [6, 6.07) is 5.38. The van der Waals surface area contributed by atoms with Crippen LogP contribution in [-0.2, 0) is 9.59 Å². The lowest BCUT2D eigenvalue weighted by molar-refractivity contribution is -0.125. The van der Waals surface area contributed by atoms with Crippen molar-refractivity contribution in [2.75, 3.05) is 17.2 Å². The Labute approximate surface area is 136 Å². The minimum atomic E-state index is -0.579. The molecule has 5 nitrogen and oxygen atoms in total. The van der Waals surface area contributed by atoms with Crippen LogP contribution in [0.15, 0.2) is 18.2 Å². The summed E-state index contributed by atoms with van der Waals surface area (Å²) in [5.41, 5.74) is 0.786. The van der Waals surface area contributed by atoms with Crippen molar-refractivity contribution in [3.8, 4) is 5.75 Å². The molecule has 5 heteroatoms. The van der Waals surface area contributed by atoms with Gasteiger partial charge in [-0.1, -0.05) is 19.3 Å². The van der Waals surface area contributed by atoms with Crippen LogP contribution < -0.4 is 15.4 Å². The lowest BCUT2D eigenvalue weighted by Gasteiger charge is -2.21. The molecule has 1 aliphatic carbocycles. The van der Waals surface area contributed by atoms with E-state index < -0.39 is 5.41 Å². The monoisotopic (exact) mass is 316 g/mol. The predicted octanol–water partition coefficient (Wildman–Crippen LogP) is 3.56. The summed E-state index contributed by atoms with van der Waals surface area (Å²) in [5.74, 6) is 0.741. The summed E-state index contributed by atoms with van der Waals surface area (Å²) in [6.07, 6.45) is 5.43. The topological polar surface area (TPSA) is 67.4 Å². The fourth-order valence-electron chi connectivity index (χ4n) is 3.05. The Morgan fingerprint density at radius 3 is 2.74 bits per heavy atom. The molecule has 0 bridgehead atoms. The third-order valence-electron chi connectivity index (χ3n) is 4.68. The van der Waals surface area contributed by atoms with E-state index in [2.05, 4.69) is 10.6 Å². The molecule has 0 aromatic heterocycles. The minimum absolute atomic E-state index is 0.0600. The normalized spacial score (nSPS) is 20.7. The molecule has 23 heavy (non-hydrogen) atoms. The van der Waals surface area contributed by atoms with Crippen molar-refractivity contribution < 1.29 is 14.3 Å². The minimum Gasteiger partial charge on any atom is -0.490 e. The maximum absolute atomic E-state index is 12.3. The van der Waals surface area contributed by atoms with Gasteiger partial charge in [-0.15, -0.1) is 0 Å². The quantitative estimate of drug-likeness (QED) is 0.876. The summed E-state index contributed by atoms with van der Waals surface area (Å²) < 4.78 is 5.77. The van der Waals surface area contributed by atoms with Gasteiger partial charge in [0.05, 0.1) is 11.1 Å². The number of hydrogen-bond acceptors (Lipinski definition) is 3. The summed E-state index contributed by atoms with van der Waals surface area (Å²) in [5, 5.41) is 5.86. The molecule has 0 spiro atoms. The molecule has 1 fully saturated rings. The van der Waals surface area contributed by atoms with E-state index in [1.165, 1.54) is 6.42 Å². The van der Waals surface area contributed by atoms with Crippen molar-refractivity contribution in [1.82, 2.24) is 0 Å². The molecule has 0 saturated heterocycles. The second-order valence-corrected chi connectivity index (χ2v) is 7.16. The number of fused-ring (bicyclic) bond motifs is 1. The first-order chi connectivity index (χ1) is 11.0. The molecular formula is C18H24N2O3. The highest BCUT2D eigenvalue weighted by atomic mass is 16.5. The van der Waals surface area contributed by atoms with E-state index in [1.54, 1.807) is 12.1 Å². The van der Waals surface area contributed by atoms with Gasteiger partial charge in [0.2, 0.25) is 11.8 Å². The Hall–Kier alpha value is -2.04. The largest absolute Gasteiger partial charge is 0.490 e. The summed E-state index contributed by atoms with van der Waals surface area (Å²) in [7, 11) is 0. The van der Waals surface area contributed by atoms with Gasteiger partial charge < -0.3 is 15.4 Å².